The van der Waals surface area contributed by atoms with Crippen molar-refractivity contribution in [2.75, 3.05) is 19.0 Å². The van der Waals surface area contributed by atoms with Crippen LogP contribution in [-0.2, 0) is 4.79 Å². The highest BCUT2D eigenvalue weighted by Gasteiger charge is 2.06. The van der Waals surface area contributed by atoms with E-state index >= 15 is 0 Å². The standard InChI is InChI=1S/C19H18N2O5/c1-3-12-26-17-10-4-14(13-18(17)25-2)5-11-19(22)20-15-6-8-16(9-7-15)21(23)24/h3-11,13H,1,12H2,2H3,(H,20,22)/b11-5+. The fourth-order valence-electron chi connectivity index (χ4n) is 2.08. The van der Waals surface area contributed by atoms with E-state index in [1.807, 2.05) is 0 Å². The van der Waals surface area contributed by atoms with Crippen molar-refractivity contribution in [3.05, 3.63) is 76.9 Å². The molecule has 1 N–H and O–H groups in total. The third-order valence-electron chi connectivity index (χ3n) is 3.32. The maximum absolute atomic E-state index is 12.0. The molecule has 1 amide bonds. The number of ether oxygens (including phenoxy) is 2. The van der Waals surface area contributed by atoms with Crippen LogP contribution < -0.4 is 14.8 Å². The van der Waals surface area contributed by atoms with Gasteiger partial charge in [-0.05, 0) is 35.9 Å². The lowest BCUT2D eigenvalue weighted by Gasteiger charge is -2.09. The van der Waals surface area contributed by atoms with Crippen LogP contribution >= 0.6 is 0 Å². The molecule has 0 aromatic heterocycles. The van der Waals surface area contributed by atoms with Crippen LogP contribution in [0.2, 0.25) is 0 Å². The predicted molar refractivity (Wildman–Crippen MR) is 99.4 cm³/mol. The second kappa shape index (κ2) is 9.03. The van der Waals surface area contributed by atoms with Gasteiger partial charge in [0.15, 0.2) is 11.5 Å². The zero-order valence-electron chi connectivity index (χ0n) is 14.2. The van der Waals surface area contributed by atoms with E-state index in [1.54, 1.807) is 30.4 Å². The molecule has 2 aromatic carbocycles. The third kappa shape index (κ3) is 5.20. The van der Waals surface area contributed by atoms with Gasteiger partial charge in [-0.1, -0.05) is 18.7 Å². The van der Waals surface area contributed by atoms with Crippen molar-refractivity contribution in [1.29, 1.82) is 0 Å². The van der Waals surface area contributed by atoms with Gasteiger partial charge in [0.05, 0.1) is 12.0 Å². The molecular formula is C19H18N2O5. The Morgan fingerprint density at radius 2 is 1.96 bits per heavy atom. The van der Waals surface area contributed by atoms with Crippen molar-refractivity contribution in [3.63, 3.8) is 0 Å². The van der Waals surface area contributed by atoms with Crippen LogP contribution in [0, 0.1) is 10.1 Å². The Morgan fingerprint density at radius 1 is 1.23 bits per heavy atom. The van der Waals surface area contributed by atoms with Gasteiger partial charge in [0, 0.05) is 23.9 Å². The van der Waals surface area contributed by atoms with Gasteiger partial charge in [0.1, 0.15) is 6.61 Å². The molecule has 0 aliphatic rings. The molecular weight excluding hydrogens is 336 g/mol. The van der Waals surface area contributed by atoms with Gasteiger partial charge in [0.2, 0.25) is 5.91 Å². The smallest absolute Gasteiger partial charge is 0.269 e. The Bertz CT molecular complexity index is 828. The fourth-order valence-corrected chi connectivity index (χ4v) is 2.08. The van der Waals surface area contributed by atoms with Crippen LogP contribution in [0.4, 0.5) is 11.4 Å². The monoisotopic (exact) mass is 354 g/mol. The first-order valence-corrected chi connectivity index (χ1v) is 7.68. The lowest BCUT2D eigenvalue weighted by atomic mass is 10.2. The van der Waals surface area contributed by atoms with E-state index in [1.165, 1.54) is 37.5 Å². The van der Waals surface area contributed by atoms with Crippen molar-refractivity contribution in [2.24, 2.45) is 0 Å². The molecule has 0 fully saturated rings. The van der Waals surface area contributed by atoms with Gasteiger partial charge in [0.25, 0.3) is 5.69 Å². The molecule has 0 saturated carbocycles. The summed E-state index contributed by atoms with van der Waals surface area (Å²) in [6.07, 6.45) is 4.62. The molecule has 0 bridgehead atoms. The molecule has 0 spiro atoms. The molecule has 0 saturated heterocycles. The quantitative estimate of drug-likeness (QED) is 0.337. The Morgan fingerprint density at radius 3 is 2.58 bits per heavy atom. The number of non-ortho nitro benzene ring substituents is 1. The van der Waals surface area contributed by atoms with E-state index in [-0.39, 0.29) is 11.6 Å². The number of nitrogens with zero attached hydrogens (tertiary/aromatic N) is 1. The second-order valence-corrected chi connectivity index (χ2v) is 5.14. The number of amides is 1. The molecule has 0 atom stereocenters. The number of nitrogens with one attached hydrogen (secondary N) is 1. The van der Waals surface area contributed by atoms with E-state index in [9.17, 15) is 14.9 Å². The van der Waals surface area contributed by atoms with Gasteiger partial charge < -0.3 is 14.8 Å². The van der Waals surface area contributed by atoms with Crippen LogP contribution in [0.15, 0.2) is 61.2 Å². The predicted octanol–water partition coefficient (Wildman–Crippen LogP) is 3.82. The number of hydrogen-bond acceptors (Lipinski definition) is 5. The van der Waals surface area contributed by atoms with Crippen molar-refractivity contribution >= 4 is 23.4 Å². The van der Waals surface area contributed by atoms with E-state index in [0.29, 0.717) is 23.8 Å². The zero-order chi connectivity index (χ0) is 18.9. The summed E-state index contributed by atoms with van der Waals surface area (Å²) < 4.78 is 10.7. The molecule has 7 heteroatoms. The van der Waals surface area contributed by atoms with Gasteiger partial charge in [-0.15, -0.1) is 0 Å². The fraction of sp³-hybridized carbons (Fsp3) is 0.105. The number of carbonyl (C=O) groups excluding carboxylic acids is 1. The zero-order valence-corrected chi connectivity index (χ0v) is 14.2. The SMILES string of the molecule is C=CCOc1ccc(/C=C/C(=O)Nc2ccc([N+](=O)[O-])cc2)cc1OC. The van der Waals surface area contributed by atoms with Crippen LogP contribution in [0.1, 0.15) is 5.56 Å². The minimum atomic E-state index is -0.499. The maximum Gasteiger partial charge on any atom is 0.269 e. The van der Waals surface area contributed by atoms with Gasteiger partial charge in [-0.2, -0.15) is 0 Å². The summed E-state index contributed by atoms with van der Waals surface area (Å²) in [5, 5.41) is 13.2. The molecule has 0 aliphatic heterocycles. The Hall–Kier alpha value is -3.61. The van der Waals surface area contributed by atoms with E-state index < -0.39 is 4.92 Å². The molecule has 26 heavy (non-hydrogen) atoms. The van der Waals surface area contributed by atoms with Gasteiger partial charge in [-0.3, -0.25) is 14.9 Å². The van der Waals surface area contributed by atoms with Gasteiger partial charge >= 0.3 is 0 Å². The lowest BCUT2D eigenvalue weighted by molar-refractivity contribution is -0.384. The summed E-state index contributed by atoms with van der Waals surface area (Å²) >= 11 is 0. The number of nitro benzene ring substituents is 1. The molecule has 134 valence electrons. The number of methoxy groups -OCH3 is 1. The number of anilines is 1. The van der Waals surface area contributed by atoms with Crippen LogP contribution in [0.5, 0.6) is 11.5 Å². The molecule has 0 aliphatic carbocycles. The largest absolute Gasteiger partial charge is 0.493 e. The Labute approximate surface area is 150 Å². The minimum absolute atomic E-state index is 0.0376. The van der Waals surface area contributed by atoms with Gasteiger partial charge in [-0.25, -0.2) is 0 Å². The van der Waals surface area contributed by atoms with Crippen molar-refractivity contribution < 1.29 is 19.2 Å². The van der Waals surface area contributed by atoms with Crippen molar-refractivity contribution in [1.82, 2.24) is 0 Å². The highest BCUT2D eigenvalue weighted by Crippen LogP contribution is 2.28. The van der Waals surface area contributed by atoms with Crippen molar-refractivity contribution in [2.45, 2.75) is 0 Å². The summed E-state index contributed by atoms with van der Waals surface area (Å²) in [5.41, 5.74) is 1.19. The maximum atomic E-state index is 12.0. The van der Waals surface area contributed by atoms with Crippen molar-refractivity contribution in [3.8, 4) is 11.5 Å². The highest BCUT2D eigenvalue weighted by atomic mass is 16.6. The van der Waals surface area contributed by atoms with E-state index in [4.69, 9.17) is 9.47 Å². The molecule has 7 nitrogen and oxygen atoms in total. The first-order chi connectivity index (χ1) is 12.5. The number of rotatable bonds is 8. The number of hydrogen-bond donors (Lipinski definition) is 1. The average Bonchev–Trinajstić information content (AvgIpc) is 2.65. The molecule has 0 radical (unpaired) electrons. The summed E-state index contributed by atoms with van der Waals surface area (Å²) in [6.45, 7) is 3.95. The second-order valence-electron chi connectivity index (χ2n) is 5.14. The lowest BCUT2D eigenvalue weighted by Crippen LogP contribution is -2.07. The molecule has 2 aromatic rings. The Kier molecular flexibility index (Phi) is 6.50. The number of benzene rings is 2. The highest BCUT2D eigenvalue weighted by molar-refractivity contribution is 6.02. The summed E-state index contributed by atoms with van der Waals surface area (Å²) in [7, 11) is 1.53. The first-order valence-electron chi connectivity index (χ1n) is 7.68. The van der Waals surface area contributed by atoms with E-state index in [2.05, 4.69) is 11.9 Å². The summed E-state index contributed by atoms with van der Waals surface area (Å²) in [4.78, 5) is 22.1. The first kappa shape index (κ1) is 18.7. The summed E-state index contributed by atoms with van der Waals surface area (Å²) in [6, 6.07) is 10.9. The normalized spacial score (nSPS) is 10.3. The molecule has 0 heterocycles. The Balaban J connectivity index is 2.02. The number of nitro groups is 1. The molecule has 2 rings (SSSR count). The topological polar surface area (TPSA) is 90.7 Å². The minimum Gasteiger partial charge on any atom is -0.493 e. The number of carbonyl (C=O) groups is 1. The van der Waals surface area contributed by atoms with E-state index in [0.717, 1.165) is 5.56 Å². The average molecular weight is 354 g/mol. The summed E-state index contributed by atoms with van der Waals surface area (Å²) in [5.74, 6) is 0.773. The van der Waals surface area contributed by atoms with Crippen LogP contribution in [0.3, 0.4) is 0 Å². The molecule has 0 unspecified atom stereocenters. The van der Waals surface area contributed by atoms with Crippen LogP contribution in [0.25, 0.3) is 6.08 Å². The van der Waals surface area contributed by atoms with Crippen LogP contribution in [-0.4, -0.2) is 24.5 Å². The third-order valence-corrected chi connectivity index (χ3v) is 3.32.